The quantitative estimate of drug-likeness (QED) is 0.389. The number of hydrogen-bond acceptors (Lipinski definition) is 5. The summed E-state index contributed by atoms with van der Waals surface area (Å²) in [4.78, 5) is 6.07. The molecule has 0 saturated heterocycles. The largest absolute Gasteiger partial charge is 0.365 e. The van der Waals surface area contributed by atoms with E-state index in [1.807, 2.05) is 24.3 Å². The Hall–Kier alpha value is -3.45. The van der Waals surface area contributed by atoms with E-state index in [-0.39, 0.29) is 5.82 Å². The number of aromatic nitrogens is 4. The van der Waals surface area contributed by atoms with Crippen LogP contribution in [0.4, 0.5) is 10.2 Å². The second kappa shape index (κ2) is 7.76. The predicted octanol–water partition coefficient (Wildman–Crippen LogP) is 5.42. The number of nitrogens with zero attached hydrogens (tertiary/aromatic N) is 4. The van der Waals surface area contributed by atoms with Crippen LogP contribution in [0.2, 0.25) is 0 Å². The second-order valence-electron chi connectivity index (χ2n) is 6.86. The van der Waals surface area contributed by atoms with Gasteiger partial charge in [0.15, 0.2) is 5.65 Å². The van der Waals surface area contributed by atoms with Crippen LogP contribution in [0.25, 0.3) is 27.8 Å². The van der Waals surface area contributed by atoms with Crippen LogP contribution in [0.3, 0.4) is 0 Å². The molecule has 5 nitrogen and oxygen atoms in total. The van der Waals surface area contributed by atoms with Gasteiger partial charge in [-0.25, -0.2) is 9.37 Å². The van der Waals surface area contributed by atoms with Gasteiger partial charge in [-0.1, -0.05) is 29.5 Å². The molecule has 0 aliphatic rings. The third kappa shape index (κ3) is 3.37. The van der Waals surface area contributed by atoms with Crippen molar-refractivity contribution >= 4 is 34.1 Å². The van der Waals surface area contributed by atoms with Crippen molar-refractivity contribution in [1.29, 1.82) is 0 Å². The van der Waals surface area contributed by atoms with Crippen molar-refractivity contribution in [2.24, 2.45) is 0 Å². The number of halogens is 1. The lowest BCUT2D eigenvalue weighted by molar-refractivity contribution is 0.628. The maximum absolute atomic E-state index is 13.4. The minimum atomic E-state index is -0.288. The highest BCUT2D eigenvalue weighted by atomic mass is 32.2. The Kier molecular flexibility index (Phi) is 4.80. The predicted molar refractivity (Wildman–Crippen MR) is 119 cm³/mol. The Morgan fingerprint density at radius 3 is 2.50 bits per heavy atom. The van der Waals surface area contributed by atoms with Gasteiger partial charge in [0.25, 0.3) is 0 Å². The first-order chi connectivity index (χ1) is 14.7. The summed E-state index contributed by atoms with van der Waals surface area (Å²) >= 11 is 1.72. The van der Waals surface area contributed by atoms with Crippen LogP contribution in [0.5, 0.6) is 0 Å². The summed E-state index contributed by atoms with van der Waals surface area (Å²) < 4.78 is 15.1. The number of para-hydroxylation sites is 1. The highest BCUT2D eigenvalue weighted by Gasteiger charge is 2.15. The van der Waals surface area contributed by atoms with Crippen molar-refractivity contribution in [2.75, 3.05) is 11.6 Å². The van der Waals surface area contributed by atoms with Gasteiger partial charge in [-0.05, 0) is 60.4 Å². The van der Waals surface area contributed by atoms with Crippen molar-refractivity contribution in [3.05, 3.63) is 84.2 Å². The van der Waals surface area contributed by atoms with E-state index >= 15 is 0 Å². The fraction of sp³-hybridized carbons (Fsp3) is 0.0870. The molecule has 0 fully saturated rings. The molecule has 0 amide bonds. The molecule has 5 aromatic rings. The Labute approximate surface area is 177 Å². The lowest BCUT2D eigenvalue weighted by Gasteiger charge is -2.11. The molecule has 2 aromatic heterocycles. The topological polar surface area (TPSA) is 55.1 Å². The number of anilines is 1. The van der Waals surface area contributed by atoms with E-state index in [2.05, 4.69) is 46.2 Å². The molecule has 0 atom stereocenters. The summed E-state index contributed by atoms with van der Waals surface area (Å²) in [5.41, 5.74) is 4.09. The minimum absolute atomic E-state index is 0.288. The molecule has 0 aliphatic heterocycles. The summed E-state index contributed by atoms with van der Waals surface area (Å²) in [7, 11) is 0. The molecule has 0 unspecified atom stereocenters. The molecule has 0 aliphatic carbocycles. The van der Waals surface area contributed by atoms with Crippen molar-refractivity contribution in [1.82, 2.24) is 19.8 Å². The third-order valence-electron chi connectivity index (χ3n) is 4.99. The van der Waals surface area contributed by atoms with Gasteiger partial charge in [-0.2, -0.15) is 4.52 Å². The zero-order chi connectivity index (χ0) is 20.5. The SMILES string of the molecule is CSc1ccc(CNc2nc3c(-c4ccc(F)cc4)nnn3c3ccccc23)cc1. The van der Waals surface area contributed by atoms with Crippen molar-refractivity contribution in [2.45, 2.75) is 11.4 Å². The highest BCUT2D eigenvalue weighted by molar-refractivity contribution is 7.98. The van der Waals surface area contributed by atoms with Gasteiger partial charge in [0.2, 0.25) is 0 Å². The second-order valence-corrected chi connectivity index (χ2v) is 7.74. The van der Waals surface area contributed by atoms with Crippen LogP contribution in [0, 0.1) is 5.82 Å². The standard InChI is InChI=1S/C23H18FN5S/c1-30-18-12-6-15(7-13-18)14-25-22-19-4-2-3-5-20(19)29-23(26-22)21(27-28-29)16-8-10-17(24)11-9-16/h2-13H,14H2,1H3,(H,25,26). The van der Waals surface area contributed by atoms with Gasteiger partial charge in [0.1, 0.15) is 17.3 Å². The monoisotopic (exact) mass is 415 g/mol. The van der Waals surface area contributed by atoms with Gasteiger partial charge in [-0.15, -0.1) is 16.9 Å². The van der Waals surface area contributed by atoms with Gasteiger partial charge in [0, 0.05) is 22.4 Å². The van der Waals surface area contributed by atoms with Crippen LogP contribution in [0.1, 0.15) is 5.56 Å². The number of benzene rings is 3. The summed E-state index contributed by atoms with van der Waals surface area (Å²) in [6.07, 6.45) is 2.07. The lowest BCUT2D eigenvalue weighted by atomic mass is 10.1. The summed E-state index contributed by atoms with van der Waals surface area (Å²) in [5, 5.41) is 13.1. The van der Waals surface area contributed by atoms with Crippen LogP contribution in [-0.4, -0.2) is 26.1 Å². The number of hydrogen-bond donors (Lipinski definition) is 1. The molecular weight excluding hydrogens is 397 g/mol. The molecule has 0 bridgehead atoms. The van der Waals surface area contributed by atoms with Gasteiger partial charge in [-0.3, -0.25) is 0 Å². The molecule has 0 radical (unpaired) electrons. The maximum Gasteiger partial charge on any atom is 0.186 e. The summed E-state index contributed by atoms with van der Waals surface area (Å²) in [6.45, 7) is 0.648. The Morgan fingerprint density at radius 2 is 1.73 bits per heavy atom. The maximum atomic E-state index is 13.4. The van der Waals surface area contributed by atoms with E-state index < -0.39 is 0 Å². The summed E-state index contributed by atoms with van der Waals surface area (Å²) in [5.74, 6) is 0.473. The molecule has 1 N–H and O–H groups in total. The molecule has 2 heterocycles. The van der Waals surface area contributed by atoms with Crippen molar-refractivity contribution < 1.29 is 4.39 Å². The third-order valence-corrected chi connectivity index (χ3v) is 5.73. The average Bonchev–Trinajstić information content (AvgIpc) is 3.22. The molecule has 7 heteroatoms. The van der Waals surface area contributed by atoms with Crippen molar-refractivity contribution in [3.63, 3.8) is 0 Å². The van der Waals surface area contributed by atoms with Crippen LogP contribution >= 0.6 is 11.8 Å². The number of fused-ring (bicyclic) bond motifs is 3. The number of nitrogens with one attached hydrogen (secondary N) is 1. The van der Waals surface area contributed by atoms with Crippen LogP contribution in [0.15, 0.2) is 77.7 Å². The highest BCUT2D eigenvalue weighted by Crippen LogP contribution is 2.28. The molecule has 0 saturated carbocycles. The minimum Gasteiger partial charge on any atom is -0.365 e. The van der Waals surface area contributed by atoms with Gasteiger partial charge in [0.05, 0.1) is 5.52 Å². The number of rotatable bonds is 5. The molecule has 30 heavy (non-hydrogen) atoms. The first-order valence-electron chi connectivity index (χ1n) is 9.50. The van der Waals surface area contributed by atoms with E-state index in [1.165, 1.54) is 22.6 Å². The van der Waals surface area contributed by atoms with E-state index in [4.69, 9.17) is 4.98 Å². The molecule has 3 aromatic carbocycles. The normalized spacial score (nSPS) is 11.3. The van der Waals surface area contributed by atoms with Gasteiger partial charge >= 0.3 is 0 Å². The number of thioether (sulfide) groups is 1. The smallest absolute Gasteiger partial charge is 0.186 e. The van der Waals surface area contributed by atoms with E-state index in [0.717, 1.165) is 22.3 Å². The van der Waals surface area contributed by atoms with Gasteiger partial charge < -0.3 is 5.32 Å². The Balaban J connectivity index is 1.58. The molecule has 148 valence electrons. The first kappa shape index (κ1) is 18.6. The summed E-state index contributed by atoms with van der Waals surface area (Å²) in [6, 6.07) is 22.6. The van der Waals surface area contributed by atoms with Crippen molar-refractivity contribution in [3.8, 4) is 11.3 Å². The van der Waals surface area contributed by atoms with E-state index in [9.17, 15) is 4.39 Å². The van der Waals surface area contributed by atoms with E-state index in [0.29, 0.717) is 17.9 Å². The lowest BCUT2D eigenvalue weighted by Crippen LogP contribution is -2.05. The van der Waals surface area contributed by atoms with Crippen LogP contribution in [-0.2, 0) is 6.54 Å². The zero-order valence-corrected chi connectivity index (χ0v) is 17.0. The molecule has 5 rings (SSSR count). The zero-order valence-electron chi connectivity index (χ0n) is 16.2. The van der Waals surface area contributed by atoms with Crippen LogP contribution < -0.4 is 5.32 Å². The fourth-order valence-electron chi connectivity index (χ4n) is 3.42. The Morgan fingerprint density at radius 1 is 0.967 bits per heavy atom. The fourth-order valence-corrected chi connectivity index (χ4v) is 3.83. The molecular formula is C23H18FN5S. The Bertz CT molecular complexity index is 1330. The van der Waals surface area contributed by atoms with E-state index in [1.54, 1.807) is 28.4 Å². The first-order valence-corrected chi connectivity index (χ1v) is 10.7. The molecule has 0 spiro atoms. The average molecular weight is 415 g/mol.